The van der Waals surface area contributed by atoms with E-state index >= 15 is 0 Å². The van der Waals surface area contributed by atoms with Gasteiger partial charge in [0, 0.05) is 37.9 Å². The van der Waals surface area contributed by atoms with Crippen molar-refractivity contribution in [2.75, 3.05) is 13.7 Å². The van der Waals surface area contributed by atoms with Gasteiger partial charge in [-0.25, -0.2) is 4.79 Å². The molecule has 2 heterocycles. The van der Waals surface area contributed by atoms with Gasteiger partial charge in [0.15, 0.2) is 11.5 Å². The fourth-order valence-electron chi connectivity index (χ4n) is 5.11. The third kappa shape index (κ3) is 5.09. The highest BCUT2D eigenvalue weighted by Crippen LogP contribution is 2.56. The van der Waals surface area contributed by atoms with Crippen LogP contribution in [0.25, 0.3) is 0 Å². The highest BCUT2D eigenvalue weighted by molar-refractivity contribution is 5.72. The second kappa shape index (κ2) is 9.43. The molecule has 3 aliphatic rings. The zero-order valence-corrected chi connectivity index (χ0v) is 20.7. The summed E-state index contributed by atoms with van der Waals surface area (Å²) in [7, 11) is 1.59. The third-order valence-electron chi connectivity index (χ3n) is 6.65. The summed E-state index contributed by atoms with van der Waals surface area (Å²) >= 11 is 0. The van der Waals surface area contributed by atoms with E-state index in [2.05, 4.69) is 0 Å². The first-order valence-corrected chi connectivity index (χ1v) is 12.0. The Morgan fingerprint density at radius 2 is 2.00 bits per heavy atom. The number of ether oxygens (including phenoxy) is 4. The Morgan fingerprint density at radius 1 is 1.23 bits per heavy atom. The highest BCUT2D eigenvalue weighted by Gasteiger charge is 2.53. The van der Waals surface area contributed by atoms with E-state index in [1.165, 1.54) is 0 Å². The lowest BCUT2D eigenvalue weighted by molar-refractivity contribution is -0.148. The lowest BCUT2D eigenvalue weighted by atomic mass is 9.69. The Morgan fingerprint density at radius 3 is 2.69 bits per heavy atom. The van der Waals surface area contributed by atoms with Crippen molar-refractivity contribution < 1.29 is 38.4 Å². The topological polar surface area (TPSA) is 112 Å². The van der Waals surface area contributed by atoms with Crippen LogP contribution in [-0.4, -0.2) is 59.5 Å². The molecule has 1 amide bonds. The van der Waals surface area contributed by atoms with Crippen LogP contribution in [0, 0.1) is 0 Å². The van der Waals surface area contributed by atoms with Crippen molar-refractivity contribution in [3.05, 3.63) is 35.4 Å². The van der Waals surface area contributed by atoms with Gasteiger partial charge in [-0.2, -0.15) is 0 Å². The minimum atomic E-state index is -0.937. The fraction of sp³-hybridized carbons (Fsp3) is 0.577. The fourth-order valence-corrected chi connectivity index (χ4v) is 5.11. The summed E-state index contributed by atoms with van der Waals surface area (Å²) in [5, 5.41) is 8.77. The lowest BCUT2D eigenvalue weighted by Crippen LogP contribution is -2.44. The first kappa shape index (κ1) is 24.9. The van der Waals surface area contributed by atoms with Gasteiger partial charge in [-0.15, -0.1) is 0 Å². The molecular formula is C26H33NO8. The van der Waals surface area contributed by atoms with Crippen molar-refractivity contribution >= 4 is 18.0 Å². The Balaban J connectivity index is 1.58. The summed E-state index contributed by atoms with van der Waals surface area (Å²) in [5.74, 6) is -0.0754. The predicted molar refractivity (Wildman–Crippen MR) is 125 cm³/mol. The normalized spacial score (nSPS) is 24.5. The molecule has 0 radical (unpaired) electrons. The van der Waals surface area contributed by atoms with Crippen LogP contribution in [0.5, 0.6) is 11.5 Å². The average molecular weight is 488 g/mol. The van der Waals surface area contributed by atoms with Crippen molar-refractivity contribution in [3.8, 4) is 11.5 Å². The molecule has 0 saturated heterocycles. The predicted octanol–water partition coefficient (Wildman–Crippen LogP) is 3.96. The molecule has 0 saturated carbocycles. The van der Waals surface area contributed by atoms with E-state index in [0.717, 1.165) is 11.1 Å². The standard InChI is InChI=1S/C26H33NO8/c1-25(2,3)35-24(31)27-13-12-26-11-10-17(33-21(30)7-5-6-20(28)29)14-19(26)34-23-18(32-4)9-8-16(15-27)22(23)26/h8-11,17,19H,5-7,12-15H2,1-4H3,(H,28,29)/t17-,19-,26-/m0/s1. The molecule has 4 rings (SSSR count). The number of carboxylic acids is 1. The van der Waals surface area contributed by atoms with Gasteiger partial charge in [0.25, 0.3) is 0 Å². The summed E-state index contributed by atoms with van der Waals surface area (Å²) in [4.78, 5) is 37.6. The zero-order valence-electron chi connectivity index (χ0n) is 20.7. The second-order valence-electron chi connectivity index (χ2n) is 10.3. The van der Waals surface area contributed by atoms with Crippen LogP contribution < -0.4 is 9.47 Å². The molecule has 9 nitrogen and oxygen atoms in total. The Kier molecular flexibility index (Phi) is 6.71. The molecule has 0 bridgehead atoms. The van der Waals surface area contributed by atoms with Gasteiger partial charge < -0.3 is 29.0 Å². The molecule has 190 valence electrons. The maximum Gasteiger partial charge on any atom is 0.410 e. The Bertz CT molecular complexity index is 1040. The van der Waals surface area contributed by atoms with Gasteiger partial charge in [0.2, 0.25) is 0 Å². The molecule has 1 N–H and O–H groups in total. The molecular weight excluding hydrogens is 454 g/mol. The van der Waals surface area contributed by atoms with E-state index in [1.54, 1.807) is 12.0 Å². The number of hydrogen-bond acceptors (Lipinski definition) is 7. The number of carbonyl (C=O) groups is 3. The molecule has 0 fully saturated rings. The molecule has 1 aliphatic carbocycles. The van der Waals surface area contributed by atoms with Crippen LogP contribution in [0.1, 0.15) is 64.0 Å². The van der Waals surface area contributed by atoms with Gasteiger partial charge in [-0.1, -0.05) is 12.1 Å². The largest absolute Gasteiger partial charge is 0.493 e. The highest BCUT2D eigenvalue weighted by atomic mass is 16.6. The van der Waals surface area contributed by atoms with Crippen LogP contribution in [0.2, 0.25) is 0 Å². The van der Waals surface area contributed by atoms with Gasteiger partial charge in [0.05, 0.1) is 12.5 Å². The molecule has 0 unspecified atom stereocenters. The lowest BCUT2D eigenvalue weighted by Gasteiger charge is -2.36. The minimum absolute atomic E-state index is 0.0519. The van der Waals surface area contributed by atoms with Gasteiger partial charge in [-0.3, -0.25) is 9.59 Å². The van der Waals surface area contributed by atoms with Crippen LogP contribution in [0.4, 0.5) is 4.79 Å². The summed E-state index contributed by atoms with van der Waals surface area (Å²) in [6, 6.07) is 3.82. The second-order valence-corrected chi connectivity index (χ2v) is 10.3. The number of benzene rings is 1. The summed E-state index contributed by atoms with van der Waals surface area (Å²) in [6.07, 6.45) is 4.09. The van der Waals surface area contributed by atoms with Crippen LogP contribution in [0.15, 0.2) is 24.3 Å². The third-order valence-corrected chi connectivity index (χ3v) is 6.65. The first-order chi connectivity index (χ1) is 16.5. The molecule has 1 aromatic rings. The van der Waals surface area contributed by atoms with Crippen LogP contribution >= 0.6 is 0 Å². The number of carbonyl (C=O) groups excluding carboxylic acids is 2. The number of hydrogen-bond donors (Lipinski definition) is 1. The Hall–Kier alpha value is -3.23. The van der Waals surface area contributed by atoms with Crippen molar-refractivity contribution in [2.45, 2.75) is 82.6 Å². The quantitative estimate of drug-likeness (QED) is 0.474. The number of esters is 1. The number of aliphatic carboxylic acids is 1. The number of carboxylic acid groups (broad SMARTS) is 1. The summed E-state index contributed by atoms with van der Waals surface area (Å²) in [5.41, 5.74) is 0.905. The molecule has 0 aromatic heterocycles. The van der Waals surface area contributed by atoms with Crippen LogP contribution in [0.3, 0.4) is 0 Å². The SMILES string of the molecule is COc1ccc2c3c1O[C@H]1C[C@@H](OC(=O)CCCC(=O)O)C=C[C@@]31CCN(C(=O)OC(C)(C)C)C2. The molecule has 1 spiro atoms. The van der Waals surface area contributed by atoms with E-state index in [4.69, 9.17) is 24.1 Å². The Labute approximate surface area is 205 Å². The van der Waals surface area contributed by atoms with E-state index in [1.807, 2.05) is 45.1 Å². The zero-order chi connectivity index (χ0) is 25.4. The van der Waals surface area contributed by atoms with Gasteiger partial charge in [0.1, 0.15) is 17.8 Å². The van der Waals surface area contributed by atoms with Gasteiger partial charge in [-0.05, 0) is 51.3 Å². The summed E-state index contributed by atoms with van der Waals surface area (Å²) in [6.45, 7) is 6.42. The van der Waals surface area contributed by atoms with E-state index < -0.39 is 29.1 Å². The van der Waals surface area contributed by atoms with Crippen molar-refractivity contribution in [1.29, 1.82) is 0 Å². The number of methoxy groups -OCH3 is 1. The maximum absolute atomic E-state index is 12.9. The maximum atomic E-state index is 12.9. The number of nitrogens with zero attached hydrogens (tertiary/aromatic N) is 1. The molecule has 1 aromatic carbocycles. The summed E-state index contributed by atoms with van der Waals surface area (Å²) < 4.78 is 23.2. The molecule has 9 heteroatoms. The smallest absolute Gasteiger partial charge is 0.410 e. The van der Waals surface area contributed by atoms with Crippen molar-refractivity contribution in [1.82, 2.24) is 4.90 Å². The molecule has 35 heavy (non-hydrogen) atoms. The van der Waals surface area contributed by atoms with Crippen molar-refractivity contribution in [3.63, 3.8) is 0 Å². The van der Waals surface area contributed by atoms with Crippen LogP contribution in [-0.2, 0) is 31.0 Å². The molecule has 3 atom stereocenters. The first-order valence-electron chi connectivity index (χ1n) is 12.0. The van der Waals surface area contributed by atoms with E-state index in [9.17, 15) is 14.4 Å². The monoisotopic (exact) mass is 487 g/mol. The number of amides is 1. The van der Waals surface area contributed by atoms with E-state index in [0.29, 0.717) is 37.4 Å². The van der Waals surface area contributed by atoms with Crippen molar-refractivity contribution in [2.24, 2.45) is 0 Å². The average Bonchev–Trinajstić information content (AvgIpc) is 2.99. The minimum Gasteiger partial charge on any atom is -0.493 e. The number of rotatable bonds is 6. The molecule has 2 aliphatic heterocycles. The van der Waals surface area contributed by atoms with Gasteiger partial charge >= 0.3 is 18.0 Å². The van der Waals surface area contributed by atoms with E-state index in [-0.39, 0.29) is 31.5 Å².